The third-order valence-electron chi connectivity index (χ3n) is 4.87. The number of para-hydroxylation sites is 1. The number of nitrogens with zero attached hydrogens (tertiary/aromatic N) is 3. The number of aryl methyl sites for hydroxylation is 1. The van der Waals surface area contributed by atoms with Gasteiger partial charge in [-0.2, -0.15) is 5.10 Å². The highest BCUT2D eigenvalue weighted by Crippen LogP contribution is 2.34. The van der Waals surface area contributed by atoms with E-state index in [0.717, 1.165) is 34.0 Å². The Morgan fingerprint density at radius 3 is 2.29 bits per heavy atom. The molecule has 0 aliphatic heterocycles. The van der Waals surface area contributed by atoms with Crippen molar-refractivity contribution >= 4 is 21.8 Å². The molecule has 0 saturated heterocycles. The summed E-state index contributed by atoms with van der Waals surface area (Å²) in [6.45, 7) is 2.02. The molecule has 5 aromatic rings. The zero-order chi connectivity index (χ0) is 19.3. The molecular formula is C23H15F2N3. The van der Waals surface area contributed by atoms with Crippen LogP contribution in [-0.4, -0.2) is 14.8 Å². The third kappa shape index (κ3) is 2.55. The molecule has 0 aliphatic carbocycles. The summed E-state index contributed by atoms with van der Waals surface area (Å²) in [6, 6.07) is 20.0. The number of rotatable bonds is 2. The summed E-state index contributed by atoms with van der Waals surface area (Å²) in [6.07, 6.45) is 1.68. The number of hydrogen-bond acceptors (Lipinski definition) is 2. The van der Waals surface area contributed by atoms with Gasteiger partial charge in [0.15, 0.2) is 11.6 Å². The lowest BCUT2D eigenvalue weighted by Crippen LogP contribution is -1.97. The van der Waals surface area contributed by atoms with E-state index < -0.39 is 11.6 Å². The summed E-state index contributed by atoms with van der Waals surface area (Å²) in [4.78, 5) is 4.36. The van der Waals surface area contributed by atoms with Crippen LogP contribution in [-0.2, 0) is 0 Å². The molecule has 0 bridgehead atoms. The minimum atomic E-state index is -0.913. The lowest BCUT2D eigenvalue weighted by atomic mass is 10.1. The van der Waals surface area contributed by atoms with Crippen LogP contribution in [0.5, 0.6) is 0 Å². The van der Waals surface area contributed by atoms with Crippen LogP contribution in [0.3, 0.4) is 0 Å². The van der Waals surface area contributed by atoms with Crippen molar-refractivity contribution in [2.75, 3.05) is 0 Å². The van der Waals surface area contributed by atoms with Crippen LogP contribution in [0.2, 0.25) is 0 Å². The van der Waals surface area contributed by atoms with Gasteiger partial charge in [-0.15, -0.1) is 0 Å². The zero-order valence-electron chi connectivity index (χ0n) is 15.0. The molecular weight excluding hydrogens is 356 g/mol. The first kappa shape index (κ1) is 16.6. The highest BCUT2D eigenvalue weighted by Gasteiger charge is 2.18. The molecule has 2 aromatic heterocycles. The predicted octanol–water partition coefficient (Wildman–Crippen LogP) is 5.83. The van der Waals surface area contributed by atoms with E-state index >= 15 is 0 Å². The monoisotopic (exact) mass is 371 g/mol. The Kier molecular flexibility index (Phi) is 3.69. The quantitative estimate of drug-likeness (QED) is 0.391. The molecule has 0 unspecified atom stereocenters. The fourth-order valence-corrected chi connectivity index (χ4v) is 3.46. The van der Waals surface area contributed by atoms with Gasteiger partial charge in [0.05, 0.1) is 16.7 Å². The van der Waals surface area contributed by atoms with E-state index in [9.17, 15) is 8.78 Å². The second-order valence-corrected chi connectivity index (χ2v) is 6.77. The number of aromatic nitrogens is 3. The Morgan fingerprint density at radius 2 is 1.54 bits per heavy atom. The minimum Gasteiger partial charge on any atom is -0.255 e. The van der Waals surface area contributed by atoms with E-state index in [1.54, 1.807) is 10.9 Å². The molecule has 0 spiro atoms. The van der Waals surface area contributed by atoms with E-state index in [2.05, 4.69) is 4.98 Å². The van der Waals surface area contributed by atoms with Gasteiger partial charge in [-0.25, -0.2) is 13.5 Å². The average molecular weight is 371 g/mol. The molecule has 28 heavy (non-hydrogen) atoms. The number of pyridine rings is 1. The maximum absolute atomic E-state index is 14.1. The van der Waals surface area contributed by atoms with Crippen LogP contribution in [0.25, 0.3) is 38.8 Å². The van der Waals surface area contributed by atoms with Crippen LogP contribution in [0.4, 0.5) is 8.78 Å². The van der Waals surface area contributed by atoms with Crippen molar-refractivity contribution in [1.29, 1.82) is 0 Å². The summed E-state index contributed by atoms with van der Waals surface area (Å²) in [5, 5.41) is 6.13. The maximum atomic E-state index is 14.1. The molecule has 3 aromatic carbocycles. The highest BCUT2D eigenvalue weighted by molar-refractivity contribution is 6.08. The summed E-state index contributed by atoms with van der Waals surface area (Å²) in [5.41, 5.74) is 4.76. The van der Waals surface area contributed by atoms with Crippen LogP contribution >= 0.6 is 0 Å². The molecule has 3 nitrogen and oxygen atoms in total. The summed E-state index contributed by atoms with van der Waals surface area (Å²) in [5.74, 6) is -1.82. The van der Waals surface area contributed by atoms with Gasteiger partial charge in [-0.05, 0) is 25.1 Å². The maximum Gasteiger partial charge on any atom is 0.161 e. The fraction of sp³-hybridized carbons (Fsp3) is 0.0435. The van der Waals surface area contributed by atoms with Crippen LogP contribution < -0.4 is 0 Å². The Balaban J connectivity index is 1.92. The molecule has 2 heterocycles. The second kappa shape index (κ2) is 6.23. The van der Waals surface area contributed by atoms with E-state index in [4.69, 9.17) is 5.10 Å². The molecule has 5 heteroatoms. The smallest absolute Gasteiger partial charge is 0.161 e. The van der Waals surface area contributed by atoms with E-state index in [0.29, 0.717) is 16.4 Å². The first-order valence-corrected chi connectivity index (χ1v) is 8.91. The van der Waals surface area contributed by atoms with Crippen LogP contribution in [0.1, 0.15) is 5.56 Å². The van der Waals surface area contributed by atoms with Gasteiger partial charge in [0, 0.05) is 28.6 Å². The number of benzene rings is 3. The van der Waals surface area contributed by atoms with Gasteiger partial charge >= 0.3 is 0 Å². The first-order valence-electron chi connectivity index (χ1n) is 8.91. The molecule has 0 saturated carbocycles. The van der Waals surface area contributed by atoms with Crippen molar-refractivity contribution in [3.05, 3.63) is 90.1 Å². The number of fused-ring (bicyclic) bond motifs is 3. The Labute approximate surface area is 159 Å². The first-order chi connectivity index (χ1) is 13.6. The van der Waals surface area contributed by atoms with E-state index in [1.807, 2.05) is 61.5 Å². The molecule has 136 valence electrons. The predicted molar refractivity (Wildman–Crippen MR) is 106 cm³/mol. The van der Waals surface area contributed by atoms with Crippen molar-refractivity contribution in [2.45, 2.75) is 6.92 Å². The van der Waals surface area contributed by atoms with Crippen molar-refractivity contribution in [2.24, 2.45) is 0 Å². The Bertz CT molecular complexity index is 1320. The van der Waals surface area contributed by atoms with Gasteiger partial charge < -0.3 is 0 Å². The summed E-state index contributed by atoms with van der Waals surface area (Å²) < 4.78 is 29.6. The molecule has 0 N–H and O–H groups in total. The van der Waals surface area contributed by atoms with Crippen molar-refractivity contribution in [3.63, 3.8) is 0 Å². The number of hydrogen-bond donors (Lipinski definition) is 0. The minimum absolute atomic E-state index is 0.388. The van der Waals surface area contributed by atoms with Crippen LogP contribution in [0, 0.1) is 18.6 Å². The van der Waals surface area contributed by atoms with Gasteiger partial charge in [-0.1, -0.05) is 48.0 Å². The average Bonchev–Trinajstić information content (AvgIpc) is 3.10. The molecule has 0 fully saturated rings. The van der Waals surface area contributed by atoms with Crippen LogP contribution in [0.15, 0.2) is 72.9 Å². The normalized spacial score (nSPS) is 11.4. The molecule has 0 radical (unpaired) electrons. The van der Waals surface area contributed by atoms with Gasteiger partial charge in [0.1, 0.15) is 5.69 Å². The van der Waals surface area contributed by atoms with Gasteiger partial charge in [0.2, 0.25) is 0 Å². The molecule has 0 atom stereocenters. The Hall–Kier alpha value is -3.60. The van der Waals surface area contributed by atoms with Gasteiger partial charge in [0.25, 0.3) is 0 Å². The molecule has 5 rings (SSSR count). The lowest BCUT2D eigenvalue weighted by molar-refractivity contribution is 0.511. The SMILES string of the molecule is Cc1ccc(-c2nn(-c3ccccc3)c3c2cnc2cc(F)c(F)cc23)cc1. The standard InChI is InChI=1S/C23H15F2N3/c1-14-7-9-15(10-8-14)22-18-13-26-21-12-20(25)19(24)11-17(21)23(18)28(27-22)16-5-3-2-4-6-16/h2-13H,1H3. The zero-order valence-corrected chi connectivity index (χ0v) is 15.0. The summed E-state index contributed by atoms with van der Waals surface area (Å²) in [7, 11) is 0. The van der Waals surface area contributed by atoms with Gasteiger partial charge in [-0.3, -0.25) is 4.98 Å². The molecule has 0 amide bonds. The Morgan fingerprint density at radius 1 is 0.821 bits per heavy atom. The van der Waals surface area contributed by atoms with Crippen molar-refractivity contribution in [1.82, 2.24) is 14.8 Å². The van der Waals surface area contributed by atoms with Crippen molar-refractivity contribution < 1.29 is 8.78 Å². The third-order valence-corrected chi connectivity index (χ3v) is 4.87. The summed E-state index contributed by atoms with van der Waals surface area (Å²) >= 11 is 0. The molecule has 0 aliphatic rings. The fourth-order valence-electron chi connectivity index (χ4n) is 3.46. The van der Waals surface area contributed by atoms with E-state index in [1.165, 1.54) is 6.07 Å². The largest absolute Gasteiger partial charge is 0.255 e. The number of halogens is 2. The second-order valence-electron chi connectivity index (χ2n) is 6.77. The van der Waals surface area contributed by atoms with Crippen molar-refractivity contribution in [3.8, 4) is 16.9 Å². The highest BCUT2D eigenvalue weighted by atomic mass is 19.2. The van der Waals surface area contributed by atoms with E-state index in [-0.39, 0.29) is 0 Å². The lowest BCUT2D eigenvalue weighted by Gasteiger charge is -2.06. The topological polar surface area (TPSA) is 30.7 Å².